The Balaban J connectivity index is 1.78. The van der Waals surface area contributed by atoms with Crippen molar-refractivity contribution in [1.29, 1.82) is 0 Å². The number of esters is 2. The zero-order valence-corrected chi connectivity index (χ0v) is 21.2. The minimum absolute atomic E-state index is 0.0257. The molecule has 1 amide bonds. The summed E-state index contributed by atoms with van der Waals surface area (Å²) in [6, 6.07) is 0. The maximum atomic E-state index is 14.5. The Bertz CT molecular complexity index is 1110. The molecule has 5 rings (SSSR count). The van der Waals surface area contributed by atoms with Crippen molar-refractivity contribution < 1.29 is 43.3 Å². The fourth-order valence-corrected chi connectivity index (χ4v) is 7.65. The fourth-order valence-electron chi connectivity index (χ4n) is 7.65. The molecule has 0 bridgehead atoms. The third kappa shape index (κ3) is 2.72. The summed E-state index contributed by atoms with van der Waals surface area (Å²) in [7, 11) is 1.42. The highest BCUT2D eigenvalue weighted by molar-refractivity contribution is 6.22. The van der Waals surface area contributed by atoms with E-state index in [0.29, 0.717) is 18.4 Å². The summed E-state index contributed by atoms with van der Waals surface area (Å²) in [6.07, 6.45) is -2.26. The van der Waals surface area contributed by atoms with Crippen LogP contribution < -0.4 is 5.32 Å². The molecule has 0 unspecified atom stereocenters. The van der Waals surface area contributed by atoms with E-state index in [1.54, 1.807) is 20.8 Å². The highest BCUT2D eigenvalue weighted by atomic mass is 16.6. The van der Waals surface area contributed by atoms with E-state index in [9.17, 15) is 29.1 Å². The number of amides is 1. The number of cyclic esters (lactones) is 1. The predicted octanol–water partition coefficient (Wildman–Crippen LogP) is 0.842. The van der Waals surface area contributed by atoms with Gasteiger partial charge in [0, 0.05) is 36.9 Å². The molecule has 0 radical (unpaired) electrons. The van der Waals surface area contributed by atoms with Crippen LogP contribution in [0.4, 0.5) is 0 Å². The van der Waals surface area contributed by atoms with Crippen molar-refractivity contribution in [2.24, 2.45) is 34.0 Å². The molecule has 9 atom stereocenters. The Morgan fingerprint density at radius 1 is 1.25 bits per heavy atom. The highest BCUT2D eigenvalue weighted by Crippen LogP contribution is 2.70. The number of allylic oxidation sites excluding steroid dienone is 1. The van der Waals surface area contributed by atoms with Crippen LogP contribution in [0.1, 0.15) is 53.4 Å². The molecule has 2 aliphatic heterocycles. The molecule has 10 heteroatoms. The summed E-state index contributed by atoms with van der Waals surface area (Å²) in [5, 5.41) is 13.1. The second-order valence-electron chi connectivity index (χ2n) is 11.3. The van der Waals surface area contributed by atoms with Gasteiger partial charge in [-0.15, -0.1) is 0 Å². The minimum Gasteiger partial charge on any atom is -0.459 e. The fraction of sp³-hybridized carbons (Fsp3) is 0.731. The zero-order valence-electron chi connectivity index (χ0n) is 21.2. The number of methoxy groups -OCH3 is 1. The number of hydrogen-bond acceptors (Lipinski definition) is 9. The number of ether oxygens (including phenoxy) is 3. The van der Waals surface area contributed by atoms with E-state index in [1.807, 2.05) is 6.92 Å². The van der Waals surface area contributed by atoms with E-state index in [1.165, 1.54) is 7.11 Å². The van der Waals surface area contributed by atoms with Gasteiger partial charge >= 0.3 is 11.9 Å². The molecular weight excluding hydrogens is 470 g/mol. The molecule has 5 aliphatic rings. The SMILES string of the molecule is CC[C@H](C)C(=O)O[C@@H]1C[C@]2(C)C(=O)CC[C@H]2C2=C1[C@@]1(C)[C@@H](COC)OC(=O)[C@@H]3[C@@H](O)NC(=O)[C@@]31C2=O. The molecule has 0 aromatic rings. The third-order valence-corrected chi connectivity index (χ3v) is 9.78. The number of Topliss-reactive ketones (excluding diaryl/α,β-unsaturated/α-hetero) is 2. The number of hydrogen-bond donors (Lipinski definition) is 2. The summed E-state index contributed by atoms with van der Waals surface area (Å²) in [6.45, 7) is 6.93. The van der Waals surface area contributed by atoms with Gasteiger partial charge < -0.3 is 24.6 Å². The lowest BCUT2D eigenvalue weighted by Crippen LogP contribution is -2.65. The number of ketones is 2. The Morgan fingerprint density at radius 3 is 2.58 bits per heavy atom. The van der Waals surface area contributed by atoms with Crippen molar-refractivity contribution in [3.05, 3.63) is 11.1 Å². The van der Waals surface area contributed by atoms with Crippen LogP contribution in [0.5, 0.6) is 0 Å². The number of aliphatic hydroxyl groups excluding tert-OH is 1. The van der Waals surface area contributed by atoms with Gasteiger partial charge in [0.25, 0.3) is 0 Å². The van der Waals surface area contributed by atoms with E-state index in [4.69, 9.17) is 14.2 Å². The van der Waals surface area contributed by atoms with Gasteiger partial charge in [-0.05, 0) is 18.4 Å². The van der Waals surface area contributed by atoms with E-state index < -0.39 is 76.1 Å². The molecule has 2 N–H and O–H groups in total. The maximum Gasteiger partial charge on any atom is 0.315 e. The van der Waals surface area contributed by atoms with Crippen LogP contribution in [0.3, 0.4) is 0 Å². The van der Waals surface area contributed by atoms with Crippen molar-refractivity contribution in [2.45, 2.75) is 71.8 Å². The molecule has 196 valence electrons. The lowest BCUT2D eigenvalue weighted by Gasteiger charge is -2.52. The first-order chi connectivity index (χ1) is 16.9. The van der Waals surface area contributed by atoms with Gasteiger partial charge in [-0.3, -0.25) is 24.0 Å². The van der Waals surface area contributed by atoms with Crippen LogP contribution >= 0.6 is 0 Å². The smallest absolute Gasteiger partial charge is 0.315 e. The van der Waals surface area contributed by atoms with Crippen LogP contribution in [-0.2, 0) is 38.2 Å². The molecule has 0 aromatic carbocycles. The maximum absolute atomic E-state index is 14.5. The van der Waals surface area contributed by atoms with Crippen molar-refractivity contribution in [1.82, 2.24) is 5.32 Å². The highest BCUT2D eigenvalue weighted by Gasteiger charge is 2.82. The molecule has 1 spiro atoms. The molecule has 10 nitrogen and oxygen atoms in total. The quantitative estimate of drug-likeness (QED) is 0.412. The largest absolute Gasteiger partial charge is 0.459 e. The van der Waals surface area contributed by atoms with Crippen molar-refractivity contribution in [2.75, 3.05) is 13.7 Å². The minimum atomic E-state index is -1.99. The average molecular weight is 504 g/mol. The number of nitrogens with one attached hydrogen (secondary N) is 1. The molecule has 3 fully saturated rings. The second-order valence-corrected chi connectivity index (χ2v) is 11.3. The first-order valence-electron chi connectivity index (χ1n) is 12.6. The third-order valence-electron chi connectivity index (χ3n) is 9.78. The van der Waals surface area contributed by atoms with Gasteiger partial charge in [-0.2, -0.15) is 0 Å². The molecule has 3 aliphatic carbocycles. The van der Waals surface area contributed by atoms with Gasteiger partial charge in [0.05, 0.1) is 17.9 Å². The van der Waals surface area contributed by atoms with Crippen LogP contribution in [0.25, 0.3) is 0 Å². The van der Waals surface area contributed by atoms with Crippen LogP contribution in [0, 0.1) is 34.0 Å². The topological polar surface area (TPSA) is 145 Å². The Hall–Kier alpha value is -2.59. The first-order valence-corrected chi connectivity index (χ1v) is 12.6. The van der Waals surface area contributed by atoms with Gasteiger partial charge in [0.2, 0.25) is 5.91 Å². The number of fused-ring (bicyclic) bond motifs is 3. The lowest BCUT2D eigenvalue weighted by molar-refractivity contribution is -0.205. The van der Waals surface area contributed by atoms with Crippen LogP contribution in [0.15, 0.2) is 11.1 Å². The van der Waals surface area contributed by atoms with E-state index in [2.05, 4.69) is 5.32 Å². The standard InChI is InChI=1S/C26H33NO9/c1-6-11(2)21(31)35-13-9-24(3)12(7-8-14(24)28)16-17(13)25(4)15(10-34-5)36-22(32)18-20(30)27-23(33)26(18,25)19(16)29/h11-13,15,18,20,30H,6-10H2,1-5H3,(H,27,33)/t11-,12-,13+,15+,18-,20+,24-,25+,26-/m0/s1. The lowest BCUT2D eigenvalue weighted by atomic mass is 9.53. The summed E-state index contributed by atoms with van der Waals surface area (Å²) in [5.41, 5.74) is -3.71. The molecule has 0 aromatic heterocycles. The zero-order chi connectivity index (χ0) is 26.4. The van der Waals surface area contributed by atoms with Crippen molar-refractivity contribution in [3.63, 3.8) is 0 Å². The Kier molecular flexibility index (Phi) is 5.54. The monoisotopic (exact) mass is 503 g/mol. The van der Waals surface area contributed by atoms with Gasteiger partial charge in [-0.1, -0.05) is 27.7 Å². The number of rotatable bonds is 5. The number of carbonyl (C=O) groups excluding carboxylic acids is 5. The van der Waals surface area contributed by atoms with E-state index in [0.717, 1.165) is 0 Å². The van der Waals surface area contributed by atoms with E-state index >= 15 is 0 Å². The number of aliphatic hydroxyl groups is 1. The Labute approximate surface area is 209 Å². The first kappa shape index (κ1) is 25.1. The van der Waals surface area contributed by atoms with E-state index in [-0.39, 0.29) is 30.8 Å². The van der Waals surface area contributed by atoms with Gasteiger partial charge in [0.15, 0.2) is 5.78 Å². The van der Waals surface area contributed by atoms with Crippen molar-refractivity contribution >= 4 is 29.4 Å². The Morgan fingerprint density at radius 2 is 1.94 bits per heavy atom. The normalized spacial score (nSPS) is 43.9. The molecule has 1 saturated carbocycles. The summed E-state index contributed by atoms with van der Waals surface area (Å²) < 4.78 is 17.1. The summed E-state index contributed by atoms with van der Waals surface area (Å²) >= 11 is 0. The molecule has 36 heavy (non-hydrogen) atoms. The average Bonchev–Trinajstić information content (AvgIpc) is 3.35. The molecule has 2 saturated heterocycles. The van der Waals surface area contributed by atoms with Crippen molar-refractivity contribution in [3.8, 4) is 0 Å². The number of carbonyl (C=O) groups is 5. The summed E-state index contributed by atoms with van der Waals surface area (Å²) in [5.74, 6) is -5.11. The van der Waals surface area contributed by atoms with Gasteiger partial charge in [0.1, 0.15) is 35.6 Å². The molecular formula is C26H33NO9. The molecule has 2 heterocycles. The second kappa shape index (κ2) is 7.95. The van der Waals surface area contributed by atoms with Gasteiger partial charge in [-0.25, -0.2) is 0 Å². The summed E-state index contributed by atoms with van der Waals surface area (Å²) in [4.78, 5) is 67.4. The van der Waals surface area contributed by atoms with Crippen LogP contribution in [0.2, 0.25) is 0 Å². The van der Waals surface area contributed by atoms with Crippen LogP contribution in [-0.4, -0.2) is 66.7 Å². The predicted molar refractivity (Wildman–Crippen MR) is 122 cm³/mol.